The van der Waals surface area contributed by atoms with Crippen LogP contribution in [0.1, 0.15) is 16.1 Å². The van der Waals surface area contributed by atoms with Crippen LogP contribution in [-0.4, -0.2) is 23.0 Å². The van der Waals surface area contributed by atoms with Crippen molar-refractivity contribution in [2.45, 2.75) is 6.92 Å². The Kier molecular flexibility index (Phi) is 5.25. The molecule has 0 bridgehead atoms. The van der Waals surface area contributed by atoms with E-state index in [1.165, 1.54) is 18.5 Å². The van der Waals surface area contributed by atoms with Crippen molar-refractivity contribution in [3.8, 4) is 5.75 Å². The molecule has 0 unspecified atom stereocenters. The molecule has 0 saturated heterocycles. The molecular weight excluding hydrogens is 354 g/mol. The summed E-state index contributed by atoms with van der Waals surface area (Å²) in [6, 6.07) is 8.91. The highest BCUT2D eigenvalue weighted by Crippen LogP contribution is 2.27. The summed E-state index contributed by atoms with van der Waals surface area (Å²) in [4.78, 5) is 20.2. The van der Waals surface area contributed by atoms with Gasteiger partial charge in [-0.05, 0) is 36.8 Å². The lowest BCUT2D eigenvalue weighted by Gasteiger charge is -2.11. The normalized spacial score (nSPS) is 10.4. The summed E-state index contributed by atoms with van der Waals surface area (Å²) in [5, 5.41) is 5.21. The predicted molar refractivity (Wildman–Crippen MR) is 97.4 cm³/mol. The molecule has 0 radical (unpaired) electrons. The first kappa shape index (κ1) is 18.2. The quantitative estimate of drug-likeness (QED) is 0.708. The third kappa shape index (κ3) is 4.17. The SMILES string of the molecule is COc1ccc(C)cc1Nc1cnc(C(=O)Nc2c(F)cccc2F)cn1. The van der Waals surface area contributed by atoms with Gasteiger partial charge in [0.25, 0.3) is 5.91 Å². The maximum Gasteiger partial charge on any atom is 0.276 e. The number of ether oxygens (including phenoxy) is 1. The van der Waals surface area contributed by atoms with Gasteiger partial charge in [0.1, 0.15) is 34.6 Å². The molecule has 27 heavy (non-hydrogen) atoms. The molecule has 0 fully saturated rings. The largest absolute Gasteiger partial charge is 0.495 e. The summed E-state index contributed by atoms with van der Waals surface area (Å²) in [6.45, 7) is 1.94. The third-order valence-corrected chi connectivity index (χ3v) is 3.70. The molecule has 0 aliphatic carbocycles. The number of carbonyl (C=O) groups excluding carboxylic acids is 1. The van der Waals surface area contributed by atoms with Gasteiger partial charge in [-0.2, -0.15) is 0 Å². The number of para-hydroxylation sites is 1. The van der Waals surface area contributed by atoms with Gasteiger partial charge in [0.15, 0.2) is 0 Å². The van der Waals surface area contributed by atoms with Gasteiger partial charge in [0.2, 0.25) is 0 Å². The first-order valence-electron chi connectivity index (χ1n) is 7.97. The van der Waals surface area contributed by atoms with E-state index in [1.54, 1.807) is 7.11 Å². The number of hydrogen-bond donors (Lipinski definition) is 2. The number of nitrogens with zero attached hydrogens (tertiary/aromatic N) is 2. The van der Waals surface area contributed by atoms with E-state index in [9.17, 15) is 13.6 Å². The molecule has 8 heteroatoms. The monoisotopic (exact) mass is 370 g/mol. The number of anilines is 3. The molecule has 2 aromatic carbocycles. The fraction of sp³-hybridized carbons (Fsp3) is 0.105. The number of hydrogen-bond acceptors (Lipinski definition) is 5. The lowest BCUT2D eigenvalue weighted by Crippen LogP contribution is -2.16. The van der Waals surface area contributed by atoms with Crippen LogP contribution in [0.5, 0.6) is 5.75 Å². The fourth-order valence-corrected chi connectivity index (χ4v) is 2.36. The zero-order valence-corrected chi connectivity index (χ0v) is 14.6. The van der Waals surface area contributed by atoms with E-state index in [-0.39, 0.29) is 5.69 Å². The maximum atomic E-state index is 13.6. The second kappa shape index (κ2) is 7.77. The molecule has 138 valence electrons. The van der Waals surface area contributed by atoms with Crippen LogP contribution in [-0.2, 0) is 0 Å². The van der Waals surface area contributed by atoms with Gasteiger partial charge in [-0.15, -0.1) is 0 Å². The van der Waals surface area contributed by atoms with Crippen molar-refractivity contribution in [3.05, 3.63) is 71.7 Å². The Hall–Kier alpha value is -3.55. The van der Waals surface area contributed by atoms with Gasteiger partial charge in [-0.25, -0.2) is 18.7 Å². The van der Waals surface area contributed by atoms with Crippen LogP contribution in [0.25, 0.3) is 0 Å². The lowest BCUT2D eigenvalue weighted by molar-refractivity contribution is 0.102. The van der Waals surface area contributed by atoms with E-state index in [0.717, 1.165) is 17.7 Å². The number of benzene rings is 2. The molecule has 3 rings (SSSR count). The van der Waals surface area contributed by atoms with Crippen LogP contribution < -0.4 is 15.4 Å². The highest BCUT2D eigenvalue weighted by molar-refractivity contribution is 6.02. The Morgan fingerprint density at radius 1 is 1.07 bits per heavy atom. The molecule has 6 nitrogen and oxygen atoms in total. The molecule has 0 aliphatic rings. The smallest absolute Gasteiger partial charge is 0.276 e. The second-order valence-corrected chi connectivity index (χ2v) is 5.67. The third-order valence-electron chi connectivity index (χ3n) is 3.70. The lowest BCUT2D eigenvalue weighted by atomic mass is 10.2. The van der Waals surface area contributed by atoms with Gasteiger partial charge in [0.05, 0.1) is 25.2 Å². The van der Waals surface area contributed by atoms with E-state index < -0.39 is 23.2 Å². The molecule has 0 spiro atoms. The van der Waals surface area contributed by atoms with Crippen molar-refractivity contribution < 1.29 is 18.3 Å². The van der Waals surface area contributed by atoms with Crippen LogP contribution in [0.15, 0.2) is 48.8 Å². The van der Waals surface area contributed by atoms with Gasteiger partial charge in [-0.1, -0.05) is 12.1 Å². The molecule has 0 atom stereocenters. The van der Waals surface area contributed by atoms with Gasteiger partial charge >= 0.3 is 0 Å². The first-order valence-corrected chi connectivity index (χ1v) is 7.97. The predicted octanol–water partition coefficient (Wildman–Crippen LogP) is 4.07. The molecule has 0 saturated carbocycles. The molecular formula is C19H16F2N4O2. The van der Waals surface area contributed by atoms with Crippen molar-refractivity contribution in [1.29, 1.82) is 0 Å². The fourth-order valence-electron chi connectivity index (χ4n) is 2.36. The number of rotatable bonds is 5. The van der Waals surface area contributed by atoms with Crippen LogP contribution in [0.4, 0.5) is 26.0 Å². The van der Waals surface area contributed by atoms with Crippen LogP contribution in [0.3, 0.4) is 0 Å². The van der Waals surface area contributed by atoms with E-state index >= 15 is 0 Å². The minimum absolute atomic E-state index is 0.0839. The number of aromatic nitrogens is 2. The Morgan fingerprint density at radius 3 is 2.44 bits per heavy atom. The van der Waals surface area contributed by atoms with Crippen molar-refractivity contribution >= 4 is 23.1 Å². The Labute approximate surface area is 154 Å². The number of halogens is 2. The van der Waals surface area contributed by atoms with Crippen molar-refractivity contribution in [1.82, 2.24) is 9.97 Å². The average Bonchev–Trinajstić information content (AvgIpc) is 2.65. The average molecular weight is 370 g/mol. The van der Waals surface area contributed by atoms with E-state index in [0.29, 0.717) is 17.3 Å². The van der Waals surface area contributed by atoms with Crippen molar-refractivity contribution in [2.75, 3.05) is 17.7 Å². The second-order valence-electron chi connectivity index (χ2n) is 5.67. The number of methoxy groups -OCH3 is 1. The number of aryl methyl sites for hydroxylation is 1. The van der Waals surface area contributed by atoms with Gasteiger partial charge < -0.3 is 15.4 Å². The van der Waals surface area contributed by atoms with E-state index in [4.69, 9.17) is 4.74 Å². The number of amides is 1. The van der Waals surface area contributed by atoms with Crippen LogP contribution in [0, 0.1) is 18.6 Å². The summed E-state index contributed by atoms with van der Waals surface area (Å²) >= 11 is 0. The Bertz CT molecular complexity index is 958. The standard InChI is InChI=1S/C19H16F2N4O2/c1-11-6-7-16(27-2)14(8-11)24-17-10-22-15(9-23-17)19(26)25-18-12(20)4-3-5-13(18)21/h3-10H,1-2H3,(H,23,24)(H,25,26). The van der Waals surface area contributed by atoms with Crippen LogP contribution >= 0.6 is 0 Å². The number of nitrogens with one attached hydrogen (secondary N) is 2. The summed E-state index contributed by atoms with van der Waals surface area (Å²) in [7, 11) is 1.55. The molecule has 3 aromatic rings. The summed E-state index contributed by atoms with van der Waals surface area (Å²) < 4.78 is 32.5. The van der Waals surface area contributed by atoms with Crippen molar-refractivity contribution in [3.63, 3.8) is 0 Å². The summed E-state index contributed by atoms with van der Waals surface area (Å²) in [5.41, 5.74) is 1.10. The molecule has 1 aromatic heterocycles. The molecule has 2 N–H and O–H groups in total. The Morgan fingerprint density at radius 2 is 1.81 bits per heavy atom. The highest BCUT2D eigenvalue weighted by atomic mass is 19.1. The minimum atomic E-state index is -0.874. The number of carbonyl (C=O) groups is 1. The first-order chi connectivity index (χ1) is 13.0. The highest BCUT2D eigenvalue weighted by Gasteiger charge is 2.15. The van der Waals surface area contributed by atoms with E-state index in [1.807, 2.05) is 25.1 Å². The van der Waals surface area contributed by atoms with Gasteiger partial charge in [-0.3, -0.25) is 4.79 Å². The summed E-state index contributed by atoms with van der Waals surface area (Å²) in [6.07, 6.45) is 2.55. The van der Waals surface area contributed by atoms with E-state index in [2.05, 4.69) is 20.6 Å². The topological polar surface area (TPSA) is 76.1 Å². The zero-order chi connectivity index (χ0) is 19.4. The molecule has 1 heterocycles. The van der Waals surface area contributed by atoms with Crippen LogP contribution in [0.2, 0.25) is 0 Å². The molecule has 1 amide bonds. The molecule has 0 aliphatic heterocycles. The zero-order valence-electron chi connectivity index (χ0n) is 14.6. The summed E-state index contributed by atoms with van der Waals surface area (Å²) in [5.74, 6) is -1.51. The van der Waals surface area contributed by atoms with Gasteiger partial charge in [0, 0.05) is 0 Å². The minimum Gasteiger partial charge on any atom is -0.495 e. The Balaban J connectivity index is 1.76. The maximum absolute atomic E-state index is 13.6. The van der Waals surface area contributed by atoms with Crippen molar-refractivity contribution in [2.24, 2.45) is 0 Å².